The van der Waals surface area contributed by atoms with E-state index >= 15 is 0 Å². The van der Waals surface area contributed by atoms with Gasteiger partial charge in [0.1, 0.15) is 6.61 Å². The number of hydrogen-bond acceptors (Lipinski definition) is 6. The smallest absolute Gasteiger partial charge is 0.362 e. The van der Waals surface area contributed by atoms with Crippen LogP contribution in [-0.4, -0.2) is 80.6 Å². The lowest BCUT2D eigenvalue weighted by atomic mass is 10.1. The Morgan fingerprint density at radius 1 is 0.533 bits per heavy atom. The second kappa shape index (κ2) is 42.7. The van der Waals surface area contributed by atoms with E-state index in [0.29, 0.717) is 19.3 Å². The predicted octanol–water partition coefficient (Wildman–Crippen LogP) is 13.8. The Labute approximate surface area is 368 Å². The van der Waals surface area contributed by atoms with Gasteiger partial charge in [0.05, 0.1) is 34.4 Å². The lowest BCUT2D eigenvalue weighted by Gasteiger charge is -2.31. The summed E-state index contributed by atoms with van der Waals surface area (Å²) in [5, 5.41) is 9.64. The topological polar surface area (TPSA) is 99.1 Å². The summed E-state index contributed by atoms with van der Waals surface area (Å²) in [6.45, 7) is 4.60. The number of rotatable bonds is 43. The second-order valence-corrected chi connectivity index (χ2v) is 17.4. The molecule has 0 radical (unpaired) electrons. The number of ether oxygens (including phenoxy) is 3. The number of carbonyl (C=O) groups is 3. The van der Waals surface area contributed by atoms with E-state index < -0.39 is 18.1 Å². The third-order valence-electron chi connectivity index (χ3n) is 10.7. The van der Waals surface area contributed by atoms with Gasteiger partial charge in [0.25, 0.3) is 0 Å². The normalized spacial score (nSPS) is 13.4. The molecule has 0 aromatic heterocycles. The number of hydrogen-bond donors (Lipinski definition) is 1. The minimum Gasteiger partial charge on any atom is -0.477 e. The maximum atomic E-state index is 12.8. The Balaban J connectivity index is 4.29. The highest BCUT2D eigenvalue weighted by molar-refractivity contribution is 5.72. The Morgan fingerprint density at radius 3 is 1.48 bits per heavy atom. The number of esters is 2. The summed E-state index contributed by atoms with van der Waals surface area (Å²) < 4.78 is 17.3. The number of allylic oxidation sites excluding steroid dienone is 10. The fraction of sp³-hybridized carbons (Fsp3) is 0.750. The van der Waals surface area contributed by atoms with Crippen molar-refractivity contribution in [1.29, 1.82) is 0 Å². The molecule has 0 aromatic carbocycles. The van der Waals surface area contributed by atoms with Crippen LogP contribution < -0.4 is 0 Å². The highest BCUT2D eigenvalue weighted by Crippen LogP contribution is 2.15. The van der Waals surface area contributed by atoms with Crippen LogP contribution in [0.15, 0.2) is 60.8 Å². The third kappa shape index (κ3) is 40.4. The van der Waals surface area contributed by atoms with Crippen LogP contribution in [0.4, 0.5) is 0 Å². The van der Waals surface area contributed by atoms with Gasteiger partial charge in [0.2, 0.25) is 0 Å². The number of carboxylic acids is 1. The number of likely N-dealkylation sites (N-methyl/N-ethyl adjacent to an activating group) is 1. The fourth-order valence-corrected chi connectivity index (χ4v) is 6.92. The lowest BCUT2D eigenvalue weighted by Crippen LogP contribution is -2.50. The first kappa shape index (κ1) is 57.0. The zero-order valence-corrected chi connectivity index (χ0v) is 39.4. The van der Waals surface area contributed by atoms with Gasteiger partial charge in [-0.3, -0.25) is 9.59 Å². The molecule has 346 valence electrons. The summed E-state index contributed by atoms with van der Waals surface area (Å²) in [5.74, 6) is -1.49. The fourth-order valence-electron chi connectivity index (χ4n) is 6.92. The number of carbonyl (C=O) groups excluding carboxylic acids is 2. The summed E-state index contributed by atoms with van der Waals surface area (Å²) in [6.07, 6.45) is 52.6. The van der Waals surface area contributed by atoms with Crippen molar-refractivity contribution in [2.24, 2.45) is 0 Å². The molecule has 2 atom stereocenters. The van der Waals surface area contributed by atoms with E-state index in [1.54, 1.807) is 0 Å². The van der Waals surface area contributed by atoms with Crippen LogP contribution in [0.1, 0.15) is 200 Å². The summed E-state index contributed by atoms with van der Waals surface area (Å²) in [5.41, 5.74) is 0. The van der Waals surface area contributed by atoms with E-state index in [0.717, 1.165) is 70.6 Å². The van der Waals surface area contributed by atoms with Gasteiger partial charge >= 0.3 is 17.9 Å². The molecule has 0 saturated heterocycles. The first-order valence-electron chi connectivity index (χ1n) is 24.3. The average Bonchev–Trinajstić information content (AvgIpc) is 3.21. The average molecular weight is 843 g/mol. The van der Waals surface area contributed by atoms with Crippen molar-refractivity contribution in [2.45, 2.75) is 212 Å². The minimum atomic E-state index is -0.879. The van der Waals surface area contributed by atoms with E-state index in [1.165, 1.54) is 96.3 Å². The van der Waals surface area contributed by atoms with Gasteiger partial charge in [-0.25, -0.2) is 4.79 Å². The highest BCUT2D eigenvalue weighted by atomic mass is 16.6. The van der Waals surface area contributed by atoms with Crippen molar-refractivity contribution >= 4 is 17.9 Å². The summed E-state index contributed by atoms with van der Waals surface area (Å²) >= 11 is 0. The Bertz CT molecular complexity index is 1170. The lowest BCUT2D eigenvalue weighted by molar-refractivity contribution is -0.887. The minimum absolute atomic E-state index is 0.0531. The van der Waals surface area contributed by atoms with Crippen molar-refractivity contribution in [3.63, 3.8) is 0 Å². The van der Waals surface area contributed by atoms with Gasteiger partial charge in [-0.2, -0.15) is 0 Å². The van der Waals surface area contributed by atoms with Crippen LogP contribution in [0.3, 0.4) is 0 Å². The van der Waals surface area contributed by atoms with Crippen LogP contribution in [0.2, 0.25) is 0 Å². The van der Waals surface area contributed by atoms with Gasteiger partial charge in [-0.05, 0) is 70.6 Å². The maximum absolute atomic E-state index is 12.8. The van der Waals surface area contributed by atoms with E-state index in [2.05, 4.69) is 74.6 Å². The Morgan fingerprint density at radius 2 is 0.983 bits per heavy atom. The summed E-state index contributed by atoms with van der Waals surface area (Å²) in [7, 11) is 5.52. The van der Waals surface area contributed by atoms with Crippen molar-refractivity contribution in [1.82, 2.24) is 0 Å². The molecule has 0 aliphatic heterocycles. The van der Waals surface area contributed by atoms with Gasteiger partial charge < -0.3 is 23.8 Å². The molecular formula is C52H92NO7+. The SMILES string of the molecule is CC/C=C/C/C=C/C/C=C/CCCCCCCCC(=O)OC(COCCC(C(=O)O)[N+](C)(C)C)COC(=O)CCCCCCCCCCCC/C=C/C=C/CCCCCC. The molecule has 0 saturated carbocycles. The van der Waals surface area contributed by atoms with E-state index in [1.807, 2.05) is 21.1 Å². The molecule has 0 aliphatic carbocycles. The molecule has 0 heterocycles. The number of quaternary nitrogens is 1. The van der Waals surface area contributed by atoms with Crippen molar-refractivity contribution in [3.05, 3.63) is 60.8 Å². The zero-order valence-electron chi connectivity index (χ0n) is 39.4. The maximum Gasteiger partial charge on any atom is 0.362 e. The monoisotopic (exact) mass is 843 g/mol. The molecule has 60 heavy (non-hydrogen) atoms. The predicted molar refractivity (Wildman–Crippen MR) is 252 cm³/mol. The number of aliphatic carboxylic acids is 1. The van der Waals surface area contributed by atoms with Gasteiger partial charge in [0.15, 0.2) is 12.1 Å². The molecule has 0 aliphatic rings. The van der Waals surface area contributed by atoms with Crippen molar-refractivity contribution in [3.8, 4) is 0 Å². The quantitative estimate of drug-likeness (QED) is 0.0215. The summed E-state index contributed by atoms with van der Waals surface area (Å²) in [4.78, 5) is 37.1. The molecule has 0 fully saturated rings. The molecule has 2 unspecified atom stereocenters. The molecule has 8 nitrogen and oxygen atoms in total. The zero-order chi connectivity index (χ0) is 44.2. The first-order chi connectivity index (χ1) is 29.1. The van der Waals surface area contributed by atoms with Crippen LogP contribution in [0, 0.1) is 0 Å². The molecule has 0 spiro atoms. The van der Waals surface area contributed by atoms with Crippen molar-refractivity contribution < 1.29 is 38.2 Å². The number of carboxylic acid groups (broad SMARTS) is 1. The molecule has 8 heteroatoms. The first-order valence-corrected chi connectivity index (χ1v) is 24.3. The molecule has 1 N–H and O–H groups in total. The largest absolute Gasteiger partial charge is 0.477 e. The Hall–Kier alpha value is -2.97. The van der Waals surface area contributed by atoms with Crippen LogP contribution >= 0.6 is 0 Å². The second-order valence-electron chi connectivity index (χ2n) is 17.4. The molecule has 0 rings (SSSR count). The molecule has 0 bridgehead atoms. The summed E-state index contributed by atoms with van der Waals surface area (Å²) in [6, 6.07) is -0.620. The highest BCUT2D eigenvalue weighted by Gasteiger charge is 2.31. The third-order valence-corrected chi connectivity index (χ3v) is 10.7. The Kier molecular flexibility index (Phi) is 40.6. The number of nitrogens with zero attached hydrogens (tertiary/aromatic N) is 1. The molecule has 0 amide bonds. The standard InChI is InChI=1S/C52H91NO7/c1-6-8-10-12-14-16-18-20-22-24-25-26-27-29-30-32-34-36-38-40-42-50(54)59-47-48(46-58-45-44-49(52(56)57)53(3,4)5)60-51(55)43-41-39-37-35-33-31-28-23-21-19-17-15-13-11-9-7-2/h9,11,15-18,20-23,48-49H,6-8,10,12-14,19,24-47H2,1-5H3/p+1/b11-9+,17-15+,18-16+,22-20+,23-21+. The molecular weight excluding hydrogens is 751 g/mol. The van der Waals surface area contributed by atoms with Gasteiger partial charge in [-0.15, -0.1) is 0 Å². The van der Waals surface area contributed by atoms with Gasteiger partial charge in [0, 0.05) is 19.3 Å². The van der Waals surface area contributed by atoms with E-state index in [9.17, 15) is 19.5 Å². The molecule has 0 aromatic rings. The van der Waals surface area contributed by atoms with Crippen LogP contribution in [0.25, 0.3) is 0 Å². The van der Waals surface area contributed by atoms with E-state index in [4.69, 9.17) is 14.2 Å². The van der Waals surface area contributed by atoms with Gasteiger partial charge in [-0.1, -0.05) is 171 Å². The number of unbranched alkanes of at least 4 members (excludes halogenated alkanes) is 20. The van der Waals surface area contributed by atoms with E-state index in [-0.39, 0.29) is 36.2 Å². The van der Waals surface area contributed by atoms with Crippen LogP contribution in [-0.2, 0) is 28.6 Å². The van der Waals surface area contributed by atoms with Crippen LogP contribution in [0.5, 0.6) is 0 Å². The van der Waals surface area contributed by atoms with Crippen molar-refractivity contribution in [2.75, 3.05) is 41.0 Å².